The molecule has 1 N–H and O–H groups in total. The summed E-state index contributed by atoms with van der Waals surface area (Å²) in [5, 5.41) is 8.60. The number of likely N-dealkylation sites (tertiary alicyclic amines) is 1. The van der Waals surface area contributed by atoms with Crippen molar-refractivity contribution in [1.82, 2.24) is 4.90 Å². The highest BCUT2D eigenvalue weighted by atomic mass is 19.3. The highest BCUT2D eigenvalue weighted by Gasteiger charge is 2.61. The lowest BCUT2D eigenvalue weighted by Crippen LogP contribution is -2.27. The van der Waals surface area contributed by atoms with E-state index in [0.717, 1.165) is 0 Å². The van der Waals surface area contributed by atoms with Crippen LogP contribution in [0.5, 0.6) is 0 Å². The smallest absolute Gasteiger partial charge is 0.407 e. The van der Waals surface area contributed by atoms with Crippen molar-refractivity contribution in [3.63, 3.8) is 0 Å². The maximum Gasteiger partial charge on any atom is 0.407 e. The van der Waals surface area contributed by atoms with E-state index in [2.05, 4.69) is 0 Å². The SMILES string of the molecule is O=C(O)N1CCC(C2CC2(F)F)C1. The molecule has 0 aromatic carbocycles. The zero-order valence-corrected chi connectivity index (χ0v) is 7.04. The van der Waals surface area contributed by atoms with Crippen molar-refractivity contribution in [2.24, 2.45) is 11.8 Å². The van der Waals surface area contributed by atoms with E-state index in [4.69, 9.17) is 5.11 Å². The summed E-state index contributed by atoms with van der Waals surface area (Å²) in [4.78, 5) is 11.7. The summed E-state index contributed by atoms with van der Waals surface area (Å²) >= 11 is 0. The van der Waals surface area contributed by atoms with Gasteiger partial charge in [-0.2, -0.15) is 0 Å². The number of hydrogen-bond donors (Lipinski definition) is 1. The predicted octanol–water partition coefficient (Wildman–Crippen LogP) is 1.64. The molecule has 0 aromatic heterocycles. The molecule has 1 saturated carbocycles. The number of nitrogens with zero attached hydrogens (tertiary/aromatic N) is 1. The molecule has 1 amide bonds. The van der Waals surface area contributed by atoms with Crippen LogP contribution in [0.2, 0.25) is 0 Å². The first kappa shape index (κ1) is 8.72. The van der Waals surface area contributed by atoms with Gasteiger partial charge in [0.25, 0.3) is 5.92 Å². The normalized spacial score (nSPS) is 36.3. The van der Waals surface area contributed by atoms with Crippen molar-refractivity contribution >= 4 is 6.09 Å². The van der Waals surface area contributed by atoms with E-state index >= 15 is 0 Å². The fraction of sp³-hybridized carbons (Fsp3) is 0.875. The quantitative estimate of drug-likeness (QED) is 0.684. The summed E-state index contributed by atoms with van der Waals surface area (Å²) in [6, 6.07) is 0. The molecule has 1 heterocycles. The fourth-order valence-corrected chi connectivity index (χ4v) is 2.04. The van der Waals surface area contributed by atoms with Crippen LogP contribution in [0, 0.1) is 11.8 Å². The third-order valence-electron chi connectivity index (χ3n) is 2.94. The Morgan fingerprint density at radius 1 is 1.54 bits per heavy atom. The molecule has 2 rings (SSSR count). The van der Waals surface area contributed by atoms with Crippen LogP contribution in [0.1, 0.15) is 12.8 Å². The van der Waals surface area contributed by atoms with E-state index in [1.54, 1.807) is 0 Å². The predicted molar refractivity (Wildman–Crippen MR) is 40.8 cm³/mol. The summed E-state index contributed by atoms with van der Waals surface area (Å²) in [5.41, 5.74) is 0. The van der Waals surface area contributed by atoms with Crippen molar-refractivity contribution in [2.75, 3.05) is 13.1 Å². The molecule has 2 unspecified atom stereocenters. The molecule has 2 atom stereocenters. The first-order valence-corrected chi connectivity index (χ1v) is 4.36. The largest absolute Gasteiger partial charge is 0.465 e. The van der Waals surface area contributed by atoms with Gasteiger partial charge in [0, 0.05) is 25.4 Å². The van der Waals surface area contributed by atoms with Crippen LogP contribution in [-0.4, -0.2) is 35.1 Å². The Labute approximate surface area is 74.3 Å². The summed E-state index contributed by atoms with van der Waals surface area (Å²) in [6.07, 6.45) is -0.455. The molecule has 1 aliphatic heterocycles. The highest BCUT2D eigenvalue weighted by Crippen LogP contribution is 2.54. The van der Waals surface area contributed by atoms with E-state index in [0.29, 0.717) is 13.0 Å². The molecular weight excluding hydrogens is 180 g/mol. The van der Waals surface area contributed by atoms with Crippen molar-refractivity contribution < 1.29 is 18.7 Å². The average molecular weight is 191 g/mol. The Morgan fingerprint density at radius 2 is 2.15 bits per heavy atom. The van der Waals surface area contributed by atoms with E-state index in [1.165, 1.54) is 4.90 Å². The minimum absolute atomic E-state index is 0.0505. The van der Waals surface area contributed by atoms with E-state index in [1.807, 2.05) is 0 Å². The van der Waals surface area contributed by atoms with Crippen molar-refractivity contribution in [2.45, 2.75) is 18.8 Å². The van der Waals surface area contributed by atoms with E-state index in [9.17, 15) is 13.6 Å². The summed E-state index contributed by atoms with van der Waals surface area (Å²) in [5.74, 6) is -3.19. The molecule has 2 fully saturated rings. The molecule has 3 nitrogen and oxygen atoms in total. The zero-order chi connectivity index (χ0) is 9.64. The molecule has 0 spiro atoms. The molecule has 13 heavy (non-hydrogen) atoms. The van der Waals surface area contributed by atoms with Crippen LogP contribution in [0.3, 0.4) is 0 Å². The molecule has 1 saturated heterocycles. The molecule has 5 heteroatoms. The first-order valence-electron chi connectivity index (χ1n) is 4.36. The lowest BCUT2D eigenvalue weighted by atomic mass is 10.0. The minimum Gasteiger partial charge on any atom is -0.465 e. The Kier molecular flexibility index (Phi) is 1.72. The molecule has 74 valence electrons. The Balaban J connectivity index is 1.89. The summed E-state index contributed by atoms with van der Waals surface area (Å²) in [6.45, 7) is 0.697. The van der Waals surface area contributed by atoms with Gasteiger partial charge < -0.3 is 10.0 Å². The fourth-order valence-electron chi connectivity index (χ4n) is 2.04. The summed E-state index contributed by atoms with van der Waals surface area (Å²) in [7, 11) is 0. The zero-order valence-electron chi connectivity index (χ0n) is 7.04. The Morgan fingerprint density at radius 3 is 2.54 bits per heavy atom. The third kappa shape index (κ3) is 1.47. The van der Waals surface area contributed by atoms with Gasteiger partial charge >= 0.3 is 6.09 Å². The highest BCUT2D eigenvalue weighted by molar-refractivity contribution is 5.65. The number of carboxylic acid groups (broad SMARTS) is 1. The number of halogens is 2. The molecule has 0 bridgehead atoms. The van der Waals surface area contributed by atoms with Gasteiger partial charge in [0.2, 0.25) is 0 Å². The third-order valence-corrected chi connectivity index (χ3v) is 2.94. The van der Waals surface area contributed by atoms with Crippen LogP contribution < -0.4 is 0 Å². The maximum absolute atomic E-state index is 12.6. The van der Waals surface area contributed by atoms with Crippen molar-refractivity contribution in [3.8, 4) is 0 Å². The van der Waals surface area contributed by atoms with Gasteiger partial charge in [-0.1, -0.05) is 0 Å². The van der Waals surface area contributed by atoms with Crippen LogP contribution in [0.4, 0.5) is 13.6 Å². The molecule has 0 aromatic rings. The van der Waals surface area contributed by atoms with Crippen LogP contribution >= 0.6 is 0 Å². The Hall–Kier alpha value is -0.870. The van der Waals surface area contributed by atoms with Crippen LogP contribution in [-0.2, 0) is 0 Å². The molecule has 1 aliphatic carbocycles. The Bertz CT molecular complexity index is 244. The number of amides is 1. The second-order valence-corrected chi connectivity index (χ2v) is 3.85. The molecule has 2 aliphatic rings. The van der Waals surface area contributed by atoms with Crippen LogP contribution in [0.15, 0.2) is 0 Å². The van der Waals surface area contributed by atoms with Crippen molar-refractivity contribution in [3.05, 3.63) is 0 Å². The minimum atomic E-state index is -2.51. The lowest BCUT2D eigenvalue weighted by Gasteiger charge is -2.11. The molecule has 0 radical (unpaired) electrons. The number of alkyl halides is 2. The standard InChI is InChI=1S/C8H11F2NO2/c9-8(10)3-6(8)5-1-2-11(4-5)7(12)13/h5-6H,1-4H2,(H,12,13). The lowest BCUT2D eigenvalue weighted by molar-refractivity contribution is 0.0847. The maximum atomic E-state index is 12.6. The van der Waals surface area contributed by atoms with E-state index in [-0.39, 0.29) is 18.9 Å². The number of rotatable bonds is 1. The topological polar surface area (TPSA) is 40.5 Å². The van der Waals surface area contributed by atoms with Gasteiger partial charge in [0.05, 0.1) is 0 Å². The average Bonchev–Trinajstić information content (AvgIpc) is 2.50. The van der Waals surface area contributed by atoms with Crippen LogP contribution in [0.25, 0.3) is 0 Å². The van der Waals surface area contributed by atoms with Gasteiger partial charge in [-0.25, -0.2) is 13.6 Å². The van der Waals surface area contributed by atoms with Gasteiger partial charge in [0.1, 0.15) is 0 Å². The van der Waals surface area contributed by atoms with Gasteiger partial charge in [0.15, 0.2) is 0 Å². The first-order chi connectivity index (χ1) is 6.00. The second kappa shape index (κ2) is 2.56. The number of carbonyl (C=O) groups is 1. The monoisotopic (exact) mass is 191 g/mol. The van der Waals surface area contributed by atoms with Crippen molar-refractivity contribution in [1.29, 1.82) is 0 Å². The van der Waals surface area contributed by atoms with Gasteiger partial charge in [-0.3, -0.25) is 0 Å². The molecular formula is C8H11F2NO2. The summed E-state index contributed by atoms with van der Waals surface area (Å²) < 4.78 is 25.2. The van der Waals surface area contributed by atoms with E-state index < -0.39 is 17.9 Å². The number of hydrogen-bond acceptors (Lipinski definition) is 1. The second-order valence-electron chi connectivity index (χ2n) is 3.85. The van der Waals surface area contributed by atoms with Gasteiger partial charge in [-0.05, 0) is 12.3 Å². The van der Waals surface area contributed by atoms with Gasteiger partial charge in [-0.15, -0.1) is 0 Å².